The van der Waals surface area contributed by atoms with Gasteiger partial charge in [0, 0.05) is 44.6 Å². The van der Waals surface area contributed by atoms with E-state index in [1.807, 2.05) is 109 Å². The maximum Gasteiger partial charge on any atom is 0.131 e. The number of aromatic nitrogens is 1. The van der Waals surface area contributed by atoms with Crippen molar-refractivity contribution >= 4 is 49.6 Å². The van der Waals surface area contributed by atoms with E-state index in [1.54, 1.807) is 11.0 Å². The van der Waals surface area contributed by atoms with Gasteiger partial charge in [-0.15, -0.1) is 0 Å². The second-order valence-electron chi connectivity index (χ2n) is 14.5. The molecule has 288 valence electrons. The van der Waals surface area contributed by atoms with Gasteiger partial charge in [0.15, 0.2) is 0 Å². The monoisotopic (exact) mass is 793 g/mol. The Bertz CT molecular complexity index is 4060. The Morgan fingerprint density at radius 2 is 0.967 bits per heavy atom. The lowest BCUT2D eigenvalue weighted by molar-refractivity contribution is 0.479. The number of hydrogen-bond acceptors (Lipinski definition) is 2. The van der Waals surface area contributed by atoms with Gasteiger partial charge in [0.1, 0.15) is 5.75 Å². The molecule has 61 heavy (non-hydrogen) atoms. The molecule has 1 heterocycles. The Balaban J connectivity index is 1.07. The highest BCUT2D eigenvalue weighted by atomic mass is 16.3. The highest BCUT2D eigenvalue weighted by Crippen LogP contribution is 2.42. The van der Waals surface area contributed by atoms with E-state index in [2.05, 4.69) is 41.0 Å². The number of fused-ring (bicyclic) bond motifs is 4. The van der Waals surface area contributed by atoms with Crippen LogP contribution in [-0.4, -0.2) is 9.67 Å². The standard InChI is InChI=1S/C58H40N2O/c61-58-52(23-12-24-53(58)47-28-27-41-15-4-5-16-44(41)37-47)43-31-35-49(36-32-43)59(50-19-10-17-45(38-50)40-13-2-1-3-14-40)48-33-29-42(30-34-48)46-18-11-20-51(39-46)60-56-25-8-6-21-54(56)55-22-7-9-26-57(55)60/h1-39,61H/i4D,5D,12D,15D,16D,23D,24D,27D,28D,31D,32D,35D,36D. The van der Waals surface area contributed by atoms with Crippen LogP contribution in [0.15, 0.2) is 236 Å². The average Bonchev–Trinajstić information content (AvgIpc) is 3.76. The summed E-state index contributed by atoms with van der Waals surface area (Å²) in [5.41, 5.74) is 5.26. The fourth-order valence-electron chi connectivity index (χ4n) is 7.98. The molecule has 3 heteroatoms. The summed E-state index contributed by atoms with van der Waals surface area (Å²) in [7, 11) is 0. The molecule has 0 radical (unpaired) electrons. The largest absolute Gasteiger partial charge is 0.507 e. The van der Waals surface area contributed by atoms with E-state index in [4.69, 9.17) is 12.3 Å². The molecule has 0 aliphatic rings. The fourth-order valence-corrected chi connectivity index (χ4v) is 7.98. The minimum atomic E-state index is -0.942. The third-order valence-corrected chi connectivity index (χ3v) is 10.9. The molecule has 0 bridgehead atoms. The Morgan fingerprint density at radius 1 is 0.377 bits per heavy atom. The van der Waals surface area contributed by atoms with Crippen LogP contribution in [0.5, 0.6) is 5.75 Å². The summed E-state index contributed by atoms with van der Waals surface area (Å²) in [5, 5.41) is 14.0. The van der Waals surface area contributed by atoms with Crippen LogP contribution >= 0.6 is 0 Å². The smallest absolute Gasteiger partial charge is 0.131 e. The van der Waals surface area contributed by atoms with Crippen LogP contribution < -0.4 is 4.90 Å². The van der Waals surface area contributed by atoms with Crippen LogP contribution in [0.3, 0.4) is 0 Å². The van der Waals surface area contributed by atoms with E-state index in [1.165, 1.54) is 0 Å². The fraction of sp³-hybridized carbons (Fsp3) is 0. The normalized spacial score (nSPS) is 14.3. The third-order valence-electron chi connectivity index (χ3n) is 10.9. The predicted molar refractivity (Wildman–Crippen MR) is 256 cm³/mol. The van der Waals surface area contributed by atoms with Crippen molar-refractivity contribution in [1.29, 1.82) is 0 Å². The van der Waals surface area contributed by atoms with Crippen molar-refractivity contribution < 1.29 is 22.9 Å². The summed E-state index contributed by atoms with van der Waals surface area (Å²) in [6.45, 7) is 0. The summed E-state index contributed by atoms with van der Waals surface area (Å²) >= 11 is 0. The van der Waals surface area contributed by atoms with Crippen molar-refractivity contribution in [2.75, 3.05) is 4.90 Å². The Hall–Kier alpha value is -8.14. The van der Waals surface area contributed by atoms with Crippen LogP contribution in [0.25, 0.3) is 82.8 Å². The SMILES string of the molecule is [2H]c1c([2H])c(-c2cc3c([2H])c([2H])c([2H])c([2H])c3c([2H])c2[2H])c(O)c(-c2c([2H])c([2H])c(N(c3ccc(-c4cccc(-n5c6ccccc6c6ccccc65)c4)cc3)c3cccc(-c4ccccc4)c3)c([2H])c2[2H])c1[2H]. The number of phenols is 1. The highest BCUT2D eigenvalue weighted by molar-refractivity contribution is 6.09. The van der Waals surface area contributed by atoms with E-state index in [0.717, 1.165) is 55.8 Å². The number of para-hydroxylation sites is 3. The van der Waals surface area contributed by atoms with E-state index in [0.29, 0.717) is 11.4 Å². The maximum absolute atomic E-state index is 12.2. The summed E-state index contributed by atoms with van der Waals surface area (Å²) in [6.07, 6.45) is 0. The molecular weight excluding hydrogens is 741 g/mol. The van der Waals surface area contributed by atoms with E-state index in [9.17, 15) is 10.6 Å². The van der Waals surface area contributed by atoms with Gasteiger partial charge in [-0.25, -0.2) is 0 Å². The molecule has 0 aliphatic heterocycles. The van der Waals surface area contributed by atoms with Gasteiger partial charge in [0.2, 0.25) is 0 Å². The van der Waals surface area contributed by atoms with Gasteiger partial charge in [-0.2, -0.15) is 0 Å². The minimum Gasteiger partial charge on any atom is -0.507 e. The molecule has 10 aromatic carbocycles. The van der Waals surface area contributed by atoms with Crippen molar-refractivity contribution in [1.82, 2.24) is 4.57 Å². The van der Waals surface area contributed by atoms with Crippen LogP contribution in [-0.2, 0) is 0 Å². The van der Waals surface area contributed by atoms with Crippen LogP contribution in [0.4, 0.5) is 17.1 Å². The number of anilines is 3. The van der Waals surface area contributed by atoms with Crippen molar-refractivity contribution in [2.24, 2.45) is 0 Å². The zero-order chi connectivity index (χ0) is 52.0. The summed E-state index contributed by atoms with van der Waals surface area (Å²) < 4.78 is 119. The van der Waals surface area contributed by atoms with Crippen molar-refractivity contribution in [3.63, 3.8) is 0 Å². The predicted octanol–water partition coefficient (Wildman–Crippen LogP) is 15.8. The third kappa shape index (κ3) is 6.59. The molecular formula is C58H40N2O. The number of nitrogens with zero attached hydrogens (tertiary/aromatic N) is 2. The number of benzene rings is 10. The lowest BCUT2D eigenvalue weighted by atomic mass is 9.95. The Morgan fingerprint density at radius 3 is 1.70 bits per heavy atom. The molecule has 11 aromatic rings. The number of hydrogen-bond donors (Lipinski definition) is 1. The molecule has 0 fully saturated rings. The molecule has 0 spiro atoms. The Labute approximate surface area is 373 Å². The molecule has 0 saturated carbocycles. The summed E-state index contributed by atoms with van der Waals surface area (Å²) in [6, 6.07) is 41.9. The summed E-state index contributed by atoms with van der Waals surface area (Å²) in [5.74, 6) is -0.942. The number of rotatable bonds is 8. The van der Waals surface area contributed by atoms with E-state index >= 15 is 0 Å². The molecule has 1 N–H and O–H groups in total. The van der Waals surface area contributed by atoms with Crippen LogP contribution in [0, 0.1) is 0 Å². The highest BCUT2D eigenvalue weighted by Gasteiger charge is 2.17. The van der Waals surface area contributed by atoms with E-state index < -0.39 is 101 Å². The average molecular weight is 794 g/mol. The molecule has 0 saturated heterocycles. The topological polar surface area (TPSA) is 28.4 Å². The lowest BCUT2D eigenvalue weighted by Crippen LogP contribution is -2.10. The van der Waals surface area contributed by atoms with E-state index in [-0.39, 0.29) is 22.0 Å². The molecule has 1 aromatic heterocycles. The van der Waals surface area contributed by atoms with Gasteiger partial charge in [-0.3, -0.25) is 0 Å². The lowest BCUT2D eigenvalue weighted by Gasteiger charge is -2.26. The number of aromatic hydroxyl groups is 1. The minimum absolute atomic E-state index is 0.166. The van der Waals surface area contributed by atoms with Gasteiger partial charge in [0.05, 0.1) is 28.9 Å². The van der Waals surface area contributed by atoms with Gasteiger partial charge in [-0.05, 0) is 111 Å². The van der Waals surface area contributed by atoms with Gasteiger partial charge < -0.3 is 14.6 Å². The second-order valence-corrected chi connectivity index (χ2v) is 14.5. The van der Waals surface area contributed by atoms with Gasteiger partial charge >= 0.3 is 0 Å². The molecule has 0 unspecified atom stereocenters. The van der Waals surface area contributed by atoms with Gasteiger partial charge in [0.25, 0.3) is 0 Å². The molecule has 3 nitrogen and oxygen atoms in total. The zero-order valence-electron chi connectivity index (χ0n) is 45.4. The molecule has 11 rings (SSSR count). The second kappa shape index (κ2) is 15.2. The van der Waals surface area contributed by atoms with Crippen LogP contribution in [0.1, 0.15) is 17.8 Å². The zero-order valence-corrected chi connectivity index (χ0v) is 32.4. The number of phenolic OH excluding ortho intramolecular Hbond substituents is 1. The van der Waals surface area contributed by atoms with Crippen LogP contribution in [0.2, 0.25) is 0 Å². The first-order chi connectivity index (χ1) is 35.6. The van der Waals surface area contributed by atoms with Crippen molar-refractivity contribution in [3.05, 3.63) is 236 Å². The molecule has 0 amide bonds. The molecule has 0 aliphatic carbocycles. The Kier molecular flexibility index (Phi) is 6.17. The first kappa shape index (κ1) is 24.7. The van der Waals surface area contributed by atoms with Gasteiger partial charge in [-0.1, -0.05) is 170 Å². The quantitative estimate of drug-likeness (QED) is 0.166. The van der Waals surface area contributed by atoms with Crippen molar-refractivity contribution in [2.45, 2.75) is 0 Å². The maximum atomic E-state index is 12.2. The first-order valence-corrected chi connectivity index (χ1v) is 19.7. The first-order valence-electron chi connectivity index (χ1n) is 26.2. The van der Waals surface area contributed by atoms with Crippen molar-refractivity contribution in [3.8, 4) is 55.9 Å². The molecule has 0 atom stereocenters. The summed E-state index contributed by atoms with van der Waals surface area (Å²) in [4.78, 5) is 1.62.